The lowest BCUT2D eigenvalue weighted by Gasteiger charge is -2.26. The number of hydrogen-bond donors (Lipinski definition) is 4. The topological polar surface area (TPSA) is 89.8 Å². The molecule has 5 nitrogen and oxygen atoms in total. The van der Waals surface area contributed by atoms with Gasteiger partial charge in [-0.25, -0.2) is 0 Å². The van der Waals surface area contributed by atoms with E-state index in [1.807, 2.05) is 0 Å². The van der Waals surface area contributed by atoms with Crippen molar-refractivity contribution in [3.05, 3.63) is 0 Å². The van der Waals surface area contributed by atoms with Gasteiger partial charge in [-0.15, -0.1) is 0 Å². The minimum absolute atomic E-state index is 0.134. The third-order valence-corrected chi connectivity index (χ3v) is 15.2. The summed E-state index contributed by atoms with van der Waals surface area (Å²) in [5, 5.41) is 33.9. The summed E-state index contributed by atoms with van der Waals surface area (Å²) >= 11 is 0. The number of aliphatic hydroxyl groups excluding tert-OH is 3. The molecule has 3 unspecified atom stereocenters. The van der Waals surface area contributed by atoms with Crippen molar-refractivity contribution in [2.45, 2.75) is 385 Å². The standard InChI is InChI=1S/C62H125NO4/c1-3-5-7-9-11-13-15-17-19-21-23-25-26-27-28-29-30-31-32-33-34-35-36-37-39-41-43-45-47-49-51-53-55-57-61(66)63-59(58-64)62(67)60(65)56-54-52-50-48-46-44-42-40-38-24-22-20-18-16-14-12-10-8-6-4-2/h59-60,62,64-65,67H,3-58H2,1-2H3,(H,63,66). The number of hydrogen-bond acceptors (Lipinski definition) is 4. The molecular weight excluding hydrogens is 823 g/mol. The molecular formula is C62H125NO4. The van der Waals surface area contributed by atoms with Gasteiger partial charge < -0.3 is 20.6 Å². The van der Waals surface area contributed by atoms with Crippen molar-refractivity contribution in [3.8, 4) is 0 Å². The molecule has 402 valence electrons. The lowest BCUT2D eigenvalue weighted by molar-refractivity contribution is -0.124. The fraction of sp³-hybridized carbons (Fsp3) is 0.984. The highest BCUT2D eigenvalue weighted by molar-refractivity contribution is 5.76. The van der Waals surface area contributed by atoms with Gasteiger partial charge in [-0.05, 0) is 12.8 Å². The van der Waals surface area contributed by atoms with E-state index in [1.165, 1.54) is 308 Å². The molecule has 0 heterocycles. The van der Waals surface area contributed by atoms with Crippen molar-refractivity contribution >= 4 is 5.91 Å². The van der Waals surface area contributed by atoms with Crippen molar-refractivity contribution < 1.29 is 20.1 Å². The SMILES string of the molecule is CCCCCCCCCCCCCCCCCCCCCCCCCCCCCCCCCCCC(=O)NC(CO)C(O)C(O)CCCCCCCCCCCCCCCCCCCCCC. The maximum Gasteiger partial charge on any atom is 0.220 e. The van der Waals surface area contributed by atoms with Crippen LogP contribution < -0.4 is 5.32 Å². The summed E-state index contributed by atoms with van der Waals surface area (Å²) < 4.78 is 0. The van der Waals surface area contributed by atoms with E-state index in [4.69, 9.17) is 0 Å². The molecule has 5 heteroatoms. The molecule has 0 radical (unpaired) electrons. The Hall–Kier alpha value is -0.650. The van der Waals surface area contributed by atoms with Crippen LogP contribution in [0.3, 0.4) is 0 Å². The van der Waals surface area contributed by atoms with Crippen molar-refractivity contribution in [1.29, 1.82) is 0 Å². The van der Waals surface area contributed by atoms with E-state index >= 15 is 0 Å². The molecule has 0 bridgehead atoms. The Balaban J connectivity index is 3.43. The van der Waals surface area contributed by atoms with Crippen LogP contribution >= 0.6 is 0 Å². The molecule has 0 spiro atoms. The molecule has 1 amide bonds. The lowest BCUT2D eigenvalue weighted by atomic mass is 9.99. The monoisotopic (exact) mass is 948 g/mol. The van der Waals surface area contributed by atoms with E-state index < -0.39 is 18.2 Å². The van der Waals surface area contributed by atoms with Gasteiger partial charge in [-0.2, -0.15) is 0 Å². The molecule has 0 aromatic heterocycles. The summed E-state index contributed by atoms with van der Waals surface area (Å²) in [6.07, 6.45) is 71.5. The number of carbonyl (C=O) groups is 1. The van der Waals surface area contributed by atoms with Crippen LogP contribution in [0.1, 0.15) is 367 Å². The largest absolute Gasteiger partial charge is 0.394 e. The number of nitrogens with one attached hydrogen (secondary N) is 1. The Morgan fingerprint density at radius 2 is 0.507 bits per heavy atom. The van der Waals surface area contributed by atoms with Gasteiger partial charge in [0.2, 0.25) is 5.91 Å². The third-order valence-electron chi connectivity index (χ3n) is 15.2. The fourth-order valence-corrected chi connectivity index (χ4v) is 10.4. The van der Waals surface area contributed by atoms with E-state index in [-0.39, 0.29) is 12.5 Å². The van der Waals surface area contributed by atoms with E-state index in [0.717, 1.165) is 32.1 Å². The van der Waals surface area contributed by atoms with Crippen LogP contribution in [0.25, 0.3) is 0 Å². The molecule has 0 aliphatic heterocycles. The van der Waals surface area contributed by atoms with Crippen molar-refractivity contribution in [2.24, 2.45) is 0 Å². The van der Waals surface area contributed by atoms with Crippen molar-refractivity contribution in [2.75, 3.05) is 6.61 Å². The van der Waals surface area contributed by atoms with Gasteiger partial charge in [0, 0.05) is 6.42 Å². The highest BCUT2D eigenvalue weighted by Gasteiger charge is 2.26. The first-order valence-electron chi connectivity index (χ1n) is 31.3. The second-order valence-electron chi connectivity index (χ2n) is 22.0. The molecule has 0 aliphatic rings. The van der Waals surface area contributed by atoms with Gasteiger partial charge in [0.15, 0.2) is 0 Å². The first-order chi connectivity index (χ1) is 33.1. The Bertz CT molecular complexity index is 914. The van der Waals surface area contributed by atoms with Crippen molar-refractivity contribution in [1.82, 2.24) is 5.32 Å². The summed E-state index contributed by atoms with van der Waals surface area (Å²) in [6.45, 7) is 4.23. The number of carbonyl (C=O) groups excluding carboxylic acids is 1. The quantitative estimate of drug-likeness (QED) is 0.0457. The van der Waals surface area contributed by atoms with E-state index in [0.29, 0.717) is 12.8 Å². The summed E-state index contributed by atoms with van der Waals surface area (Å²) in [5.41, 5.74) is 0. The van der Waals surface area contributed by atoms with E-state index in [9.17, 15) is 20.1 Å². The van der Waals surface area contributed by atoms with E-state index in [2.05, 4.69) is 19.2 Å². The van der Waals surface area contributed by atoms with Gasteiger partial charge in [-0.1, -0.05) is 348 Å². The predicted octanol–water partition coefficient (Wildman–Crippen LogP) is 19.7. The van der Waals surface area contributed by atoms with Crippen LogP contribution in [0.2, 0.25) is 0 Å². The fourth-order valence-electron chi connectivity index (χ4n) is 10.4. The van der Waals surface area contributed by atoms with Crippen LogP contribution in [-0.4, -0.2) is 46.1 Å². The highest BCUT2D eigenvalue weighted by atomic mass is 16.3. The average Bonchev–Trinajstić information content (AvgIpc) is 3.33. The molecule has 3 atom stereocenters. The molecule has 0 fully saturated rings. The van der Waals surface area contributed by atoms with Crippen LogP contribution in [0.5, 0.6) is 0 Å². The summed E-state index contributed by atoms with van der Waals surface area (Å²) in [5.74, 6) is -0.134. The van der Waals surface area contributed by atoms with Crippen LogP contribution in [-0.2, 0) is 4.79 Å². The second kappa shape index (κ2) is 57.9. The van der Waals surface area contributed by atoms with Gasteiger partial charge in [0.1, 0.15) is 6.10 Å². The van der Waals surface area contributed by atoms with Gasteiger partial charge >= 0.3 is 0 Å². The highest BCUT2D eigenvalue weighted by Crippen LogP contribution is 2.19. The summed E-state index contributed by atoms with van der Waals surface area (Å²) in [6, 6.07) is -0.805. The van der Waals surface area contributed by atoms with Gasteiger partial charge in [-0.3, -0.25) is 4.79 Å². The van der Waals surface area contributed by atoms with Gasteiger partial charge in [0.05, 0.1) is 18.8 Å². The van der Waals surface area contributed by atoms with E-state index in [1.54, 1.807) is 0 Å². The normalized spacial score (nSPS) is 13.1. The van der Waals surface area contributed by atoms with Gasteiger partial charge in [0.25, 0.3) is 0 Å². The Morgan fingerprint density at radius 1 is 0.313 bits per heavy atom. The lowest BCUT2D eigenvalue weighted by Crippen LogP contribution is -2.50. The minimum atomic E-state index is -1.13. The molecule has 67 heavy (non-hydrogen) atoms. The van der Waals surface area contributed by atoms with Crippen LogP contribution in [0.15, 0.2) is 0 Å². The molecule has 0 saturated heterocycles. The zero-order valence-electron chi connectivity index (χ0n) is 46.1. The summed E-state index contributed by atoms with van der Waals surface area (Å²) in [7, 11) is 0. The number of amides is 1. The molecule has 0 aliphatic carbocycles. The zero-order valence-corrected chi connectivity index (χ0v) is 46.1. The third kappa shape index (κ3) is 53.0. The zero-order chi connectivity index (χ0) is 48.6. The number of unbranched alkanes of at least 4 members (excludes halogenated alkanes) is 51. The Labute approximate surface area is 421 Å². The Morgan fingerprint density at radius 3 is 0.716 bits per heavy atom. The maximum absolute atomic E-state index is 12.5. The second-order valence-corrected chi connectivity index (χ2v) is 22.0. The summed E-state index contributed by atoms with van der Waals surface area (Å²) in [4.78, 5) is 12.5. The maximum atomic E-state index is 12.5. The molecule has 0 saturated carbocycles. The predicted molar refractivity (Wildman–Crippen MR) is 296 cm³/mol. The Kier molecular flexibility index (Phi) is 57.4. The molecule has 0 aromatic rings. The average molecular weight is 949 g/mol. The number of rotatable bonds is 59. The van der Waals surface area contributed by atoms with Crippen LogP contribution in [0, 0.1) is 0 Å². The van der Waals surface area contributed by atoms with Crippen molar-refractivity contribution in [3.63, 3.8) is 0 Å². The molecule has 0 aromatic carbocycles. The number of aliphatic hydroxyl groups is 3. The first-order valence-corrected chi connectivity index (χ1v) is 31.3. The minimum Gasteiger partial charge on any atom is -0.394 e. The smallest absolute Gasteiger partial charge is 0.220 e. The first kappa shape index (κ1) is 66.3. The molecule has 4 N–H and O–H groups in total. The molecule has 0 rings (SSSR count). The van der Waals surface area contributed by atoms with Crippen LogP contribution in [0.4, 0.5) is 0 Å².